The Morgan fingerprint density at radius 2 is 1.44 bits per heavy atom. The average molecular weight is 401 g/mol. The molecule has 0 aliphatic rings. The van der Waals surface area contributed by atoms with Gasteiger partial charge in [-0.1, -0.05) is 71.7 Å². The molecule has 2 atom stereocenters. The first kappa shape index (κ1) is 19.2. The second-order valence-corrected chi connectivity index (χ2v) is 6.78. The molecule has 0 unspecified atom stereocenters. The van der Waals surface area contributed by atoms with Crippen LogP contribution in [0.2, 0.25) is 10.0 Å². The van der Waals surface area contributed by atoms with Gasteiger partial charge in [-0.2, -0.15) is 0 Å². The fourth-order valence-corrected chi connectivity index (χ4v) is 2.96. The summed E-state index contributed by atoms with van der Waals surface area (Å²) in [5, 5.41) is 17.5. The molecule has 3 rings (SSSR count). The maximum atomic E-state index is 12.6. The van der Waals surface area contributed by atoms with Crippen molar-refractivity contribution in [2.24, 2.45) is 0 Å². The van der Waals surface area contributed by atoms with Gasteiger partial charge in [-0.15, -0.1) is 0 Å². The van der Waals surface area contributed by atoms with Gasteiger partial charge in [0.15, 0.2) is 6.10 Å². The molecule has 1 amide bonds. The van der Waals surface area contributed by atoms with Crippen molar-refractivity contribution < 1.29 is 9.90 Å². The molecule has 0 aliphatic carbocycles. The molecule has 0 aliphatic heterocycles. The van der Waals surface area contributed by atoms with Gasteiger partial charge in [-0.25, -0.2) is 0 Å². The monoisotopic (exact) mass is 400 g/mol. The third-order valence-electron chi connectivity index (χ3n) is 4.03. The molecular weight excluding hydrogens is 383 g/mol. The van der Waals surface area contributed by atoms with Crippen LogP contribution < -0.4 is 10.6 Å². The number of anilines is 2. The van der Waals surface area contributed by atoms with Crippen molar-refractivity contribution in [2.45, 2.75) is 12.1 Å². The van der Waals surface area contributed by atoms with E-state index in [0.717, 1.165) is 5.56 Å². The zero-order chi connectivity index (χ0) is 19.2. The number of aliphatic hydroxyl groups excluding tert-OH is 1. The molecule has 0 aromatic heterocycles. The van der Waals surface area contributed by atoms with E-state index in [0.29, 0.717) is 21.4 Å². The number of benzene rings is 3. The van der Waals surface area contributed by atoms with Gasteiger partial charge in [0.2, 0.25) is 0 Å². The Balaban J connectivity index is 1.85. The van der Waals surface area contributed by atoms with Gasteiger partial charge in [0.25, 0.3) is 5.91 Å². The number of hydrogen-bond donors (Lipinski definition) is 3. The van der Waals surface area contributed by atoms with Gasteiger partial charge < -0.3 is 15.7 Å². The highest BCUT2D eigenvalue weighted by atomic mass is 35.5. The lowest BCUT2D eigenvalue weighted by Crippen LogP contribution is -2.36. The fraction of sp³-hybridized carbons (Fsp3) is 0.0952. The largest absolute Gasteiger partial charge is 0.381 e. The third kappa shape index (κ3) is 5.01. The number of para-hydroxylation sites is 1. The van der Waals surface area contributed by atoms with Gasteiger partial charge in [0.05, 0.1) is 16.1 Å². The molecule has 4 nitrogen and oxygen atoms in total. The van der Waals surface area contributed by atoms with Crippen LogP contribution in [0.1, 0.15) is 11.6 Å². The highest BCUT2D eigenvalue weighted by molar-refractivity contribution is 6.42. The van der Waals surface area contributed by atoms with Crippen molar-refractivity contribution >= 4 is 40.5 Å². The van der Waals surface area contributed by atoms with Crippen molar-refractivity contribution in [3.8, 4) is 0 Å². The Bertz CT molecular complexity index is 905. The summed E-state index contributed by atoms with van der Waals surface area (Å²) in [6, 6.07) is 22.6. The molecule has 138 valence electrons. The van der Waals surface area contributed by atoms with E-state index >= 15 is 0 Å². The summed E-state index contributed by atoms with van der Waals surface area (Å²) in [7, 11) is 0. The second-order valence-electron chi connectivity index (χ2n) is 5.96. The smallest absolute Gasteiger partial charge is 0.255 e. The highest BCUT2D eigenvalue weighted by Crippen LogP contribution is 2.29. The lowest BCUT2D eigenvalue weighted by molar-refractivity contribution is -0.124. The fourth-order valence-electron chi connectivity index (χ4n) is 2.66. The van der Waals surface area contributed by atoms with E-state index in [1.807, 2.05) is 48.5 Å². The molecule has 3 N–H and O–H groups in total. The number of halogens is 2. The van der Waals surface area contributed by atoms with Crippen molar-refractivity contribution in [2.75, 3.05) is 10.6 Å². The predicted octanol–water partition coefficient (Wildman–Crippen LogP) is 5.15. The van der Waals surface area contributed by atoms with E-state index in [1.165, 1.54) is 0 Å². The number of nitrogens with one attached hydrogen (secondary N) is 2. The Morgan fingerprint density at radius 1 is 0.815 bits per heavy atom. The van der Waals surface area contributed by atoms with Crippen LogP contribution in [0.5, 0.6) is 0 Å². The van der Waals surface area contributed by atoms with E-state index < -0.39 is 18.1 Å². The van der Waals surface area contributed by atoms with Gasteiger partial charge in [-0.05, 0) is 35.9 Å². The summed E-state index contributed by atoms with van der Waals surface area (Å²) < 4.78 is 0. The summed E-state index contributed by atoms with van der Waals surface area (Å²) in [4.78, 5) is 12.6. The quantitative estimate of drug-likeness (QED) is 0.536. The van der Waals surface area contributed by atoms with Crippen LogP contribution in [0.3, 0.4) is 0 Å². The zero-order valence-electron chi connectivity index (χ0n) is 14.3. The average Bonchev–Trinajstić information content (AvgIpc) is 2.69. The standard InChI is InChI=1S/C21H18Cl2N2O2/c22-17-12-11-16(13-18(17)23)24-19(14-7-3-1-4-8-14)20(26)21(27)25-15-9-5-2-6-10-15/h1-13,19-20,24,26H,(H,25,27)/t19-,20+/m1/s1. The Kier molecular flexibility index (Phi) is 6.35. The van der Waals surface area contributed by atoms with Gasteiger partial charge in [0.1, 0.15) is 0 Å². The Hall–Kier alpha value is -2.53. The van der Waals surface area contributed by atoms with E-state index in [1.54, 1.807) is 30.3 Å². The van der Waals surface area contributed by atoms with Crippen molar-refractivity contribution in [3.05, 3.63) is 94.5 Å². The van der Waals surface area contributed by atoms with E-state index in [9.17, 15) is 9.90 Å². The van der Waals surface area contributed by atoms with Crippen molar-refractivity contribution in [1.82, 2.24) is 0 Å². The minimum absolute atomic E-state index is 0.386. The number of hydrogen-bond acceptors (Lipinski definition) is 3. The van der Waals surface area contributed by atoms with Crippen LogP contribution in [-0.4, -0.2) is 17.1 Å². The number of amides is 1. The topological polar surface area (TPSA) is 61.4 Å². The summed E-state index contributed by atoms with van der Waals surface area (Å²) in [5.74, 6) is -0.511. The predicted molar refractivity (Wildman–Crippen MR) is 110 cm³/mol. The Labute approximate surface area is 167 Å². The van der Waals surface area contributed by atoms with Crippen LogP contribution in [0, 0.1) is 0 Å². The molecular formula is C21H18Cl2N2O2. The maximum Gasteiger partial charge on any atom is 0.255 e. The first-order valence-electron chi connectivity index (χ1n) is 8.35. The molecule has 0 saturated heterocycles. The number of rotatable bonds is 6. The van der Waals surface area contributed by atoms with Crippen molar-refractivity contribution in [1.29, 1.82) is 0 Å². The van der Waals surface area contributed by atoms with Crippen LogP contribution in [0.25, 0.3) is 0 Å². The van der Waals surface area contributed by atoms with E-state index in [-0.39, 0.29) is 0 Å². The molecule has 6 heteroatoms. The summed E-state index contributed by atoms with van der Waals surface area (Å²) in [6.45, 7) is 0. The normalized spacial score (nSPS) is 12.9. The molecule has 3 aromatic rings. The molecule has 0 radical (unpaired) electrons. The molecule has 0 bridgehead atoms. The zero-order valence-corrected chi connectivity index (χ0v) is 15.8. The van der Waals surface area contributed by atoms with Gasteiger partial charge in [-0.3, -0.25) is 4.79 Å². The SMILES string of the molecule is O=C(Nc1ccccc1)[C@@H](O)[C@H](Nc1ccc(Cl)c(Cl)c1)c1ccccc1. The number of carbonyl (C=O) groups is 1. The highest BCUT2D eigenvalue weighted by Gasteiger charge is 2.28. The lowest BCUT2D eigenvalue weighted by Gasteiger charge is -2.25. The lowest BCUT2D eigenvalue weighted by atomic mass is 10.00. The molecule has 27 heavy (non-hydrogen) atoms. The first-order chi connectivity index (χ1) is 13.0. The molecule has 0 fully saturated rings. The van der Waals surface area contributed by atoms with Crippen molar-refractivity contribution in [3.63, 3.8) is 0 Å². The van der Waals surface area contributed by atoms with Crippen LogP contribution >= 0.6 is 23.2 Å². The van der Waals surface area contributed by atoms with E-state index in [2.05, 4.69) is 10.6 Å². The van der Waals surface area contributed by atoms with Crippen LogP contribution in [0.4, 0.5) is 11.4 Å². The third-order valence-corrected chi connectivity index (χ3v) is 4.77. The van der Waals surface area contributed by atoms with Crippen LogP contribution in [-0.2, 0) is 4.79 Å². The minimum atomic E-state index is -1.33. The summed E-state index contributed by atoms with van der Waals surface area (Å²) in [5.41, 5.74) is 2.02. The van der Waals surface area contributed by atoms with E-state index in [4.69, 9.17) is 23.2 Å². The molecule has 0 spiro atoms. The minimum Gasteiger partial charge on any atom is -0.381 e. The molecule has 3 aromatic carbocycles. The number of aliphatic hydroxyl groups is 1. The molecule has 0 saturated carbocycles. The maximum absolute atomic E-state index is 12.6. The summed E-state index contributed by atoms with van der Waals surface area (Å²) >= 11 is 12.0. The number of carbonyl (C=O) groups excluding carboxylic acids is 1. The molecule has 0 heterocycles. The first-order valence-corrected chi connectivity index (χ1v) is 9.10. The van der Waals surface area contributed by atoms with Crippen LogP contribution in [0.15, 0.2) is 78.9 Å². The van der Waals surface area contributed by atoms with Gasteiger partial charge in [0, 0.05) is 11.4 Å². The summed E-state index contributed by atoms with van der Waals surface area (Å²) in [6.07, 6.45) is -1.33. The Morgan fingerprint density at radius 3 is 2.07 bits per heavy atom. The van der Waals surface area contributed by atoms with Gasteiger partial charge >= 0.3 is 0 Å². The second kappa shape index (κ2) is 8.91.